The van der Waals surface area contributed by atoms with Gasteiger partial charge in [-0.3, -0.25) is 19.4 Å². The lowest BCUT2D eigenvalue weighted by Gasteiger charge is -2.27. The van der Waals surface area contributed by atoms with Crippen LogP contribution in [-0.4, -0.2) is 28.5 Å². The summed E-state index contributed by atoms with van der Waals surface area (Å²) in [6.07, 6.45) is 5.73. The minimum absolute atomic E-state index is 0.0594. The fraction of sp³-hybridized carbons (Fsp3) is 0.379. The Morgan fingerprint density at radius 3 is 2.39 bits per heavy atom. The van der Waals surface area contributed by atoms with E-state index >= 15 is 0 Å². The number of benzene rings is 1. The van der Waals surface area contributed by atoms with Crippen molar-refractivity contribution in [3.8, 4) is 11.1 Å². The first-order chi connectivity index (χ1) is 17.2. The van der Waals surface area contributed by atoms with Gasteiger partial charge < -0.3 is 14.6 Å². The van der Waals surface area contributed by atoms with Crippen molar-refractivity contribution < 1.29 is 14.3 Å². The summed E-state index contributed by atoms with van der Waals surface area (Å²) in [7, 11) is 1.32. The minimum Gasteiger partial charge on any atom is -0.469 e. The number of rotatable bonds is 9. The van der Waals surface area contributed by atoms with E-state index in [4.69, 9.17) is 4.74 Å². The van der Waals surface area contributed by atoms with E-state index in [1.54, 1.807) is 18.6 Å². The molecule has 0 bridgehead atoms. The predicted molar refractivity (Wildman–Crippen MR) is 141 cm³/mol. The first kappa shape index (κ1) is 26.9. The highest BCUT2D eigenvalue weighted by Gasteiger charge is 2.30. The molecular formula is C29H35N3O4. The van der Waals surface area contributed by atoms with Crippen molar-refractivity contribution in [1.29, 1.82) is 0 Å². The van der Waals surface area contributed by atoms with Crippen LogP contribution in [0, 0.1) is 26.7 Å². The molecule has 7 nitrogen and oxygen atoms in total. The van der Waals surface area contributed by atoms with Gasteiger partial charge in [-0.2, -0.15) is 0 Å². The predicted octanol–water partition coefficient (Wildman–Crippen LogP) is 4.84. The van der Waals surface area contributed by atoms with Crippen molar-refractivity contribution in [2.45, 2.75) is 59.5 Å². The van der Waals surface area contributed by atoms with Crippen molar-refractivity contribution in [1.82, 2.24) is 14.9 Å². The molecule has 0 aliphatic carbocycles. The fourth-order valence-electron chi connectivity index (χ4n) is 4.51. The number of ether oxygens (including phenoxy) is 1. The third-order valence-electron chi connectivity index (χ3n) is 6.70. The second-order valence-corrected chi connectivity index (χ2v) is 9.40. The number of carbonyl (C=O) groups excluding carboxylic acids is 2. The van der Waals surface area contributed by atoms with Crippen molar-refractivity contribution in [2.75, 3.05) is 7.11 Å². The second kappa shape index (κ2) is 11.8. The Bertz CT molecular complexity index is 1280. The van der Waals surface area contributed by atoms with Crippen LogP contribution in [0.1, 0.15) is 61.0 Å². The van der Waals surface area contributed by atoms with Crippen molar-refractivity contribution in [3.05, 3.63) is 87.6 Å². The van der Waals surface area contributed by atoms with Gasteiger partial charge >= 0.3 is 5.97 Å². The molecule has 2 aromatic heterocycles. The van der Waals surface area contributed by atoms with Gasteiger partial charge in [-0.05, 0) is 66.6 Å². The Labute approximate surface area is 212 Å². The molecule has 1 N–H and O–H groups in total. The number of esters is 1. The molecule has 1 amide bonds. The molecule has 0 spiro atoms. The lowest BCUT2D eigenvalue weighted by atomic mass is 9.94. The average Bonchev–Trinajstić information content (AvgIpc) is 2.85. The van der Waals surface area contributed by atoms with Gasteiger partial charge in [0.2, 0.25) is 5.91 Å². The zero-order valence-electron chi connectivity index (χ0n) is 21.9. The van der Waals surface area contributed by atoms with E-state index in [-0.39, 0.29) is 23.8 Å². The number of nitrogens with one attached hydrogen (secondary N) is 1. The van der Waals surface area contributed by atoms with E-state index < -0.39 is 18.1 Å². The van der Waals surface area contributed by atoms with Crippen LogP contribution in [-0.2, 0) is 14.3 Å². The van der Waals surface area contributed by atoms with E-state index in [0.29, 0.717) is 12.0 Å². The van der Waals surface area contributed by atoms with Gasteiger partial charge in [0, 0.05) is 30.2 Å². The van der Waals surface area contributed by atoms with Crippen molar-refractivity contribution in [3.63, 3.8) is 0 Å². The van der Waals surface area contributed by atoms with Crippen LogP contribution < -0.4 is 10.9 Å². The first-order valence-electron chi connectivity index (χ1n) is 12.2. The van der Waals surface area contributed by atoms with Crippen LogP contribution in [0.4, 0.5) is 0 Å². The van der Waals surface area contributed by atoms with Crippen LogP contribution in [0.5, 0.6) is 0 Å². The van der Waals surface area contributed by atoms with Gasteiger partial charge in [-0.1, -0.05) is 38.5 Å². The lowest BCUT2D eigenvalue weighted by molar-refractivity contribution is -0.141. The smallest absolute Gasteiger partial charge is 0.307 e. The maximum atomic E-state index is 13.7. The molecule has 0 unspecified atom stereocenters. The molecule has 0 aliphatic rings. The third-order valence-corrected chi connectivity index (χ3v) is 6.70. The molecule has 7 heteroatoms. The maximum Gasteiger partial charge on any atom is 0.307 e. The summed E-state index contributed by atoms with van der Waals surface area (Å²) >= 11 is 0. The quantitative estimate of drug-likeness (QED) is 0.434. The summed E-state index contributed by atoms with van der Waals surface area (Å²) in [4.78, 5) is 43.1. The highest BCUT2D eigenvalue weighted by molar-refractivity contribution is 5.82. The molecule has 0 aliphatic heterocycles. The molecule has 190 valence electrons. The van der Waals surface area contributed by atoms with Gasteiger partial charge in [-0.25, -0.2) is 0 Å². The van der Waals surface area contributed by atoms with Crippen LogP contribution >= 0.6 is 0 Å². The maximum absolute atomic E-state index is 13.7. The average molecular weight is 490 g/mol. The number of hydrogen-bond acceptors (Lipinski definition) is 5. The Balaban J connectivity index is 2.02. The van der Waals surface area contributed by atoms with Gasteiger partial charge in [-0.15, -0.1) is 0 Å². The summed E-state index contributed by atoms with van der Waals surface area (Å²) in [5, 5.41) is 3.02. The highest BCUT2D eigenvalue weighted by Crippen LogP contribution is 2.30. The molecule has 3 aromatic rings. The second-order valence-electron chi connectivity index (χ2n) is 9.40. The summed E-state index contributed by atoms with van der Waals surface area (Å²) in [5.74, 6) is -0.893. The monoisotopic (exact) mass is 489 g/mol. The molecule has 3 atom stereocenters. The summed E-state index contributed by atoms with van der Waals surface area (Å²) in [5.41, 5.74) is 5.47. The Morgan fingerprint density at radius 1 is 1.08 bits per heavy atom. The van der Waals surface area contributed by atoms with Gasteiger partial charge in [0.05, 0.1) is 19.6 Å². The van der Waals surface area contributed by atoms with Crippen molar-refractivity contribution in [2.24, 2.45) is 5.92 Å². The molecule has 1 aromatic carbocycles. The molecule has 36 heavy (non-hydrogen) atoms. The summed E-state index contributed by atoms with van der Waals surface area (Å²) in [6.45, 7) is 9.84. The number of hydrogen-bond donors (Lipinski definition) is 1. The van der Waals surface area contributed by atoms with Crippen LogP contribution in [0.3, 0.4) is 0 Å². The number of carbonyl (C=O) groups is 2. The molecule has 0 saturated heterocycles. The normalized spacial score (nSPS) is 13.5. The topological polar surface area (TPSA) is 90.3 Å². The molecular weight excluding hydrogens is 454 g/mol. The number of methoxy groups -OCH3 is 1. The van der Waals surface area contributed by atoms with Gasteiger partial charge in [0.1, 0.15) is 6.04 Å². The minimum atomic E-state index is -0.724. The number of aromatic nitrogens is 2. The number of nitrogens with zero attached hydrogens (tertiary/aromatic N) is 2. The number of aryl methyl sites for hydroxylation is 3. The summed E-state index contributed by atoms with van der Waals surface area (Å²) in [6, 6.07) is 9.98. The van der Waals surface area contributed by atoms with Crippen LogP contribution in [0.2, 0.25) is 0 Å². The van der Waals surface area contributed by atoms with Gasteiger partial charge in [0.15, 0.2) is 0 Å². The Kier molecular flexibility index (Phi) is 8.80. The Hall–Kier alpha value is -3.74. The van der Waals surface area contributed by atoms with E-state index in [9.17, 15) is 14.4 Å². The van der Waals surface area contributed by atoms with Crippen molar-refractivity contribution >= 4 is 11.9 Å². The van der Waals surface area contributed by atoms with E-state index in [1.807, 2.05) is 65.0 Å². The van der Waals surface area contributed by atoms with Crippen LogP contribution in [0.25, 0.3) is 11.1 Å². The molecule has 3 rings (SSSR count). The summed E-state index contributed by atoms with van der Waals surface area (Å²) < 4.78 is 6.39. The number of amides is 1. The zero-order valence-corrected chi connectivity index (χ0v) is 21.9. The fourth-order valence-corrected chi connectivity index (χ4v) is 4.51. The van der Waals surface area contributed by atoms with E-state index in [0.717, 1.165) is 27.8 Å². The standard InChI is InChI=1S/C29H35N3O4/c1-7-19(3)28(32-12-11-18(2)13-25(32)33)29(35)31-24(15-26(34)36-6)22-14-23(17-30-16-22)27-20(4)9-8-10-21(27)5/h8-14,16-17,19,24,28H,7,15H2,1-6H3,(H,31,35)/t19-,24-,28-/m0/s1. The first-order valence-corrected chi connectivity index (χ1v) is 12.2. The SMILES string of the molecule is CC[C@H](C)[C@@H](C(=O)N[C@@H](CC(=O)OC)c1cncc(-c2c(C)cccc2C)c1)n1ccc(C)cc1=O. The molecule has 0 radical (unpaired) electrons. The van der Waals surface area contributed by atoms with E-state index in [1.165, 1.54) is 17.7 Å². The molecule has 0 fully saturated rings. The Morgan fingerprint density at radius 2 is 1.78 bits per heavy atom. The highest BCUT2D eigenvalue weighted by atomic mass is 16.5. The van der Waals surface area contributed by atoms with E-state index in [2.05, 4.69) is 10.3 Å². The number of pyridine rings is 2. The largest absolute Gasteiger partial charge is 0.469 e. The lowest BCUT2D eigenvalue weighted by Crippen LogP contribution is -2.42. The molecule has 2 heterocycles. The third kappa shape index (κ3) is 6.08. The zero-order chi connectivity index (χ0) is 26.4. The van der Waals surface area contributed by atoms with Gasteiger partial charge in [0.25, 0.3) is 5.56 Å². The van der Waals surface area contributed by atoms with Crippen LogP contribution in [0.15, 0.2) is 59.8 Å². The molecule has 0 saturated carbocycles.